The summed E-state index contributed by atoms with van der Waals surface area (Å²) in [7, 11) is 0. The molecule has 0 aromatic rings. The number of amides is 1. The second-order valence-corrected chi connectivity index (χ2v) is 3.22. The van der Waals surface area contributed by atoms with Crippen molar-refractivity contribution < 1.29 is 40.6 Å². The molecule has 1 unspecified atom stereocenters. The smallest absolute Gasteiger partial charge is 0.321 e. The third kappa shape index (κ3) is 10.7. The number of rotatable bonds is 7. The molecular formula is C7H14N2O4ReS2-2. The second-order valence-electron chi connectivity index (χ2n) is 2.54. The zero-order valence-corrected chi connectivity index (χ0v) is 12.9. The number of carbonyl (C=O) groups is 2. The van der Waals surface area contributed by atoms with Crippen molar-refractivity contribution in [3.63, 3.8) is 0 Å². The number of carboxylic acid groups (broad SMARTS) is 1. The minimum atomic E-state index is -0.944. The minimum absolute atomic E-state index is 0. The molecule has 0 fully saturated rings. The maximum Gasteiger partial charge on any atom is 0.321 e. The van der Waals surface area contributed by atoms with Crippen LogP contribution in [0, 0.1) is 0 Å². The van der Waals surface area contributed by atoms with Crippen molar-refractivity contribution >= 4 is 37.1 Å². The molecule has 0 aromatic carbocycles. The first-order valence-corrected chi connectivity index (χ1v) is 5.33. The summed E-state index contributed by atoms with van der Waals surface area (Å²) in [4.78, 5) is 21.2. The van der Waals surface area contributed by atoms with Crippen LogP contribution < -0.4 is 10.6 Å². The number of aliphatic carboxylic acids is 1. The first kappa shape index (κ1) is 21.5. The number of thiol groups is 2. The van der Waals surface area contributed by atoms with E-state index in [0.717, 1.165) is 0 Å². The summed E-state index contributed by atoms with van der Waals surface area (Å²) in [6, 6.07) is -0.675. The van der Waals surface area contributed by atoms with E-state index in [0.29, 0.717) is 13.1 Å². The van der Waals surface area contributed by atoms with Crippen LogP contribution in [-0.2, 0) is 35.5 Å². The second kappa shape index (κ2) is 13.3. The van der Waals surface area contributed by atoms with E-state index in [1.165, 1.54) is 0 Å². The molecule has 0 bridgehead atoms. The Morgan fingerprint density at radius 3 is 2.19 bits per heavy atom. The molecule has 16 heavy (non-hydrogen) atoms. The Bertz CT molecular complexity index is 209. The summed E-state index contributed by atoms with van der Waals surface area (Å²) in [5.74, 6) is -0.765. The van der Waals surface area contributed by atoms with E-state index in [4.69, 9.17) is 5.11 Å². The van der Waals surface area contributed by atoms with Gasteiger partial charge in [-0.05, 0) is 0 Å². The van der Waals surface area contributed by atoms with Gasteiger partial charge in [-0.2, -0.15) is 25.3 Å². The molecule has 1 atom stereocenters. The number of carboxylic acids is 1. The van der Waals surface area contributed by atoms with Crippen LogP contribution in [0.15, 0.2) is 0 Å². The number of hydrogen-bond donors (Lipinski definition) is 5. The predicted molar refractivity (Wildman–Crippen MR) is 60.8 cm³/mol. The molecule has 0 heterocycles. The topological polar surface area (TPSA) is 107 Å². The van der Waals surface area contributed by atoms with Crippen LogP contribution in [0.1, 0.15) is 0 Å². The van der Waals surface area contributed by atoms with Crippen LogP contribution in [-0.4, -0.2) is 47.6 Å². The molecule has 0 aliphatic rings. The van der Waals surface area contributed by atoms with Crippen molar-refractivity contribution in [3.8, 4) is 0 Å². The molecule has 0 rings (SSSR count). The minimum Gasteiger partial charge on any atom is -2.00 e. The van der Waals surface area contributed by atoms with E-state index in [9.17, 15) is 9.59 Å². The molecule has 3 N–H and O–H groups in total. The molecule has 9 heteroatoms. The van der Waals surface area contributed by atoms with Gasteiger partial charge >= 0.3 is 5.97 Å². The monoisotopic (exact) mass is 441 g/mol. The molecular weight excluding hydrogens is 426 g/mol. The standard InChI is InChI=1S/C7H14N2O3S2.O.Re/c10-6(4-14)9-2-1-8-5(3-13)7(11)12;;/h5,8,13-14H,1-4H2,(H,9,10)(H,11,12);;/q;-2;. The van der Waals surface area contributed by atoms with Gasteiger partial charge in [0.15, 0.2) is 0 Å². The SMILES string of the molecule is O=C(CS)NCCNC(CS)C(=O)O.[O-2].[Re]. The first-order valence-electron chi connectivity index (χ1n) is 4.06. The van der Waals surface area contributed by atoms with Gasteiger partial charge < -0.3 is 21.2 Å². The normalized spacial score (nSPS) is 10.6. The maximum absolute atomic E-state index is 10.7. The van der Waals surface area contributed by atoms with Gasteiger partial charge in [-0.25, -0.2) is 0 Å². The van der Waals surface area contributed by atoms with E-state index in [1.54, 1.807) is 0 Å². The molecule has 0 saturated heterocycles. The molecule has 0 saturated carbocycles. The van der Waals surface area contributed by atoms with Gasteiger partial charge in [0.25, 0.3) is 0 Å². The number of carbonyl (C=O) groups excluding carboxylic acids is 1. The van der Waals surface area contributed by atoms with Gasteiger partial charge in [0.1, 0.15) is 6.04 Å². The van der Waals surface area contributed by atoms with Crippen LogP contribution in [0.3, 0.4) is 0 Å². The summed E-state index contributed by atoms with van der Waals surface area (Å²) >= 11 is 7.64. The van der Waals surface area contributed by atoms with E-state index in [-0.39, 0.29) is 43.3 Å². The van der Waals surface area contributed by atoms with E-state index < -0.39 is 12.0 Å². The van der Waals surface area contributed by atoms with Crippen LogP contribution in [0.5, 0.6) is 0 Å². The Morgan fingerprint density at radius 1 is 1.25 bits per heavy atom. The van der Waals surface area contributed by atoms with Crippen LogP contribution in [0.25, 0.3) is 0 Å². The van der Waals surface area contributed by atoms with Crippen molar-refractivity contribution in [2.45, 2.75) is 6.04 Å². The predicted octanol–water partition coefficient (Wildman–Crippen LogP) is -1.12. The van der Waals surface area contributed by atoms with Crippen molar-refractivity contribution in [2.24, 2.45) is 0 Å². The van der Waals surface area contributed by atoms with Gasteiger partial charge in [-0.1, -0.05) is 0 Å². The molecule has 0 aromatic heterocycles. The Labute approximate surface area is 119 Å². The molecule has 6 nitrogen and oxygen atoms in total. The molecule has 1 radical (unpaired) electrons. The van der Waals surface area contributed by atoms with Crippen molar-refractivity contribution in [2.75, 3.05) is 24.6 Å². The number of hydrogen-bond acceptors (Lipinski definition) is 5. The van der Waals surface area contributed by atoms with Crippen LogP contribution >= 0.6 is 25.3 Å². The van der Waals surface area contributed by atoms with Crippen LogP contribution in [0.2, 0.25) is 0 Å². The Kier molecular flexibility index (Phi) is 17.9. The van der Waals surface area contributed by atoms with Crippen LogP contribution in [0.4, 0.5) is 0 Å². The summed E-state index contributed by atoms with van der Waals surface area (Å²) in [6.07, 6.45) is 0. The fraction of sp³-hybridized carbons (Fsp3) is 0.714. The quantitative estimate of drug-likeness (QED) is 0.256. The molecule has 0 aliphatic carbocycles. The molecule has 0 spiro atoms. The third-order valence-corrected chi connectivity index (χ3v) is 2.11. The van der Waals surface area contributed by atoms with E-state index >= 15 is 0 Å². The summed E-state index contributed by atoms with van der Waals surface area (Å²) < 4.78 is 0. The van der Waals surface area contributed by atoms with Gasteiger partial charge in [0, 0.05) is 39.3 Å². The summed E-state index contributed by atoms with van der Waals surface area (Å²) in [6.45, 7) is 0.786. The summed E-state index contributed by atoms with van der Waals surface area (Å²) in [5.41, 5.74) is 0. The molecule has 0 aliphatic heterocycles. The Morgan fingerprint density at radius 2 is 1.81 bits per heavy atom. The molecule has 1 amide bonds. The average molecular weight is 441 g/mol. The van der Waals surface area contributed by atoms with Gasteiger partial charge in [0.05, 0.1) is 5.75 Å². The fourth-order valence-corrected chi connectivity index (χ4v) is 1.13. The van der Waals surface area contributed by atoms with Crippen molar-refractivity contribution in [1.82, 2.24) is 10.6 Å². The van der Waals surface area contributed by atoms with Gasteiger partial charge in [0.2, 0.25) is 5.91 Å². The van der Waals surface area contributed by atoms with Crippen molar-refractivity contribution in [3.05, 3.63) is 0 Å². The molecule has 97 valence electrons. The number of nitrogens with one attached hydrogen (secondary N) is 2. The van der Waals surface area contributed by atoms with E-state index in [1.807, 2.05) is 0 Å². The van der Waals surface area contributed by atoms with E-state index in [2.05, 4.69) is 35.9 Å². The summed E-state index contributed by atoms with van der Waals surface area (Å²) in [5, 5.41) is 13.9. The average Bonchev–Trinajstić information content (AvgIpc) is 2.16. The maximum atomic E-state index is 10.7. The van der Waals surface area contributed by atoms with Gasteiger partial charge in [-0.3, -0.25) is 9.59 Å². The first-order chi connectivity index (χ1) is 6.61. The Hall–Kier alpha value is 0.222. The zero-order chi connectivity index (χ0) is 11.0. The largest absolute Gasteiger partial charge is 2.00 e. The Balaban J connectivity index is -0.000000845. The zero-order valence-electron chi connectivity index (χ0n) is 8.35. The third-order valence-electron chi connectivity index (χ3n) is 1.46. The van der Waals surface area contributed by atoms with Crippen molar-refractivity contribution in [1.29, 1.82) is 0 Å². The van der Waals surface area contributed by atoms with Gasteiger partial charge in [-0.15, -0.1) is 0 Å². The fourth-order valence-electron chi connectivity index (χ4n) is 0.734.